The van der Waals surface area contributed by atoms with E-state index in [-0.39, 0.29) is 18.7 Å². The normalized spacial score (nSPS) is 24.7. The Balaban J connectivity index is 1.26. The molecule has 0 radical (unpaired) electrons. The van der Waals surface area contributed by atoms with E-state index in [0.29, 0.717) is 24.4 Å². The minimum absolute atomic E-state index is 0.0180. The third kappa shape index (κ3) is 4.95. The van der Waals surface area contributed by atoms with Crippen LogP contribution in [0.15, 0.2) is 42.7 Å². The highest BCUT2D eigenvalue weighted by molar-refractivity contribution is 5.75. The van der Waals surface area contributed by atoms with E-state index in [2.05, 4.69) is 27.9 Å². The van der Waals surface area contributed by atoms with Gasteiger partial charge in [-0.15, -0.1) is 0 Å². The summed E-state index contributed by atoms with van der Waals surface area (Å²) in [6.07, 6.45) is 8.31. The molecule has 7 nitrogen and oxygen atoms in total. The number of aromatic nitrogens is 2. The number of carbonyl (C=O) groups is 1. The molecule has 1 aliphatic heterocycles. The molecule has 162 valence electrons. The Morgan fingerprint density at radius 2 is 1.87 bits per heavy atom. The summed E-state index contributed by atoms with van der Waals surface area (Å²) in [7, 11) is 0. The van der Waals surface area contributed by atoms with E-state index in [1.165, 1.54) is 0 Å². The fourth-order valence-corrected chi connectivity index (χ4v) is 4.88. The van der Waals surface area contributed by atoms with Crippen molar-refractivity contribution in [3.05, 3.63) is 48.3 Å². The van der Waals surface area contributed by atoms with Gasteiger partial charge in [0.2, 0.25) is 0 Å². The molecule has 2 fully saturated rings. The highest BCUT2D eigenvalue weighted by atomic mass is 16.3. The summed E-state index contributed by atoms with van der Waals surface area (Å²) >= 11 is 0. The molecule has 1 aliphatic carbocycles. The van der Waals surface area contributed by atoms with Crippen molar-refractivity contribution in [3.63, 3.8) is 0 Å². The number of amides is 2. The van der Waals surface area contributed by atoms with Crippen molar-refractivity contribution in [1.29, 1.82) is 0 Å². The van der Waals surface area contributed by atoms with Crippen LogP contribution in [0.2, 0.25) is 0 Å². The smallest absolute Gasteiger partial charge is 0.317 e. The maximum absolute atomic E-state index is 12.8. The summed E-state index contributed by atoms with van der Waals surface area (Å²) in [5.41, 5.74) is 2.16. The van der Waals surface area contributed by atoms with Crippen LogP contribution in [-0.2, 0) is 6.54 Å². The van der Waals surface area contributed by atoms with Crippen LogP contribution in [0.25, 0.3) is 0 Å². The molecular formula is C23H33N5O2. The first-order valence-corrected chi connectivity index (χ1v) is 11.1. The number of rotatable bonds is 6. The summed E-state index contributed by atoms with van der Waals surface area (Å²) in [5, 5.41) is 20.1. The van der Waals surface area contributed by atoms with Gasteiger partial charge in [0.1, 0.15) is 0 Å². The van der Waals surface area contributed by atoms with Crippen LogP contribution < -0.4 is 10.6 Å². The molecule has 2 aliphatic rings. The topological polar surface area (TPSA) is 82.4 Å². The number of nitrogens with one attached hydrogen (secondary N) is 2. The van der Waals surface area contributed by atoms with E-state index < -0.39 is 0 Å². The van der Waals surface area contributed by atoms with Gasteiger partial charge in [-0.05, 0) is 50.0 Å². The minimum Gasteiger partial charge on any atom is -0.394 e. The Morgan fingerprint density at radius 3 is 2.53 bits per heavy atom. The first kappa shape index (κ1) is 20.7. The number of carbonyl (C=O) groups excluding carboxylic acids is 1. The zero-order chi connectivity index (χ0) is 20.9. The maximum atomic E-state index is 12.8. The Morgan fingerprint density at radius 1 is 1.17 bits per heavy atom. The summed E-state index contributed by atoms with van der Waals surface area (Å²) < 4.78 is 1.76. The molecule has 4 atom stereocenters. The second kappa shape index (κ2) is 9.51. The standard InChI is InChI=1S/C23H33N5O2/c1-17(18-5-3-2-4-6-18)25-23(30)27-14-19-7-9-21(10-8-20(19)15-27)26-22-13-24-28(16-22)11-12-29/h2-6,13,16-17,19-21,26,29H,7-12,14-15H2,1H3,(H,25,30)/t17-,19+,20?,21+/m0/s1. The fourth-order valence-electron chi connectivity index (χ4n) is 4.88. The molecule has 1 unspecified atom stereocenters. The molecule has 30 heavy (non-hydrogen) atoms. The zero-order valence-corrected chi connectivity index (χ0v) is 17.7. The molecule has 3 N–H and O–H groups in total. The lowest BCUT2D eigenvalue weighted by atomic mass is 9.92. The van der Waals surface area contributed by atoms with Crippen LogP contribution in [0.5, 0.6) is 0 Å². The van der Waals surface area contributed by atoms with Crippen LogP contribution in [0.4, 0.5) is 10.5 Å². The monoisotopic (exact) mass is 411 g/mol. The fraction of sp³-hybridized carbons (Fsp3) is 0.565. The number of likely N-dealkylation sites (tertiary alicyclic amines) is 1. The van der Waals surface area contributed by atoms with E-state index in [9.17, 15) is 4.79 Å². The summed E-state index contributed by atoms with van der Waals surface area (Å²) in [6, 6.07) is 10.6. The van der Waals surface area contributed by atoms with Crippen molar-refractivity contribution in [2.45, 2.75) is 51.2 Å². The number of nitrogens with zero attached hydrogens (tertiary/aromatic N) is 3. The van der Waals surface area contributed by atoms with E-state index in [1.807, 2.05) is 42.4 Å². The van der Waals surface area contributed by atoms with Gasteiger partial charge >= 0.3 is 6.03 Å². The van der Waals surface area contributed by atoms with Crippen molar-refractivity contribution in [2.24, 2.45) is 11.8 Å². The SMILES string of the molecule is C[C@H](NC(=O)N1CC2CC[C@H](Nc3cnn(CCO)c3)CC[C@@H]2C1)c1ccccc1. The molecule has 1 aromatic carbocycles. The molecule has 1 aromatic heterocycles. The average Bonchev–Trinajstić information content (AvgIpc) is 3.33. The first-order chi connectivity index (χ1) is 14.6. The third-order valence-electron chi connectivity index (χ3n) is 6.61. The molecule has 0 spiro atoms. The molecule has 7 heteroatoms. The molecule has 0 bridgehead atoms. The van der Waals surface area contributed by atoms with E-state index in [4.69, 9.17) is 5.11 Å². The Bertz CT molecular complexity index is 808. The number of benzene rings is 1. The molecule has 2 aromatic rings. The molecule has 1 saturated heterocycles. The Hall–Kier alpha value is -2.54. The van der Waals surface area contributed by atoms with Gasteiger partial charge in [-0.1, -0.05) is 30.3 Å². The highest BCUT2D eigenvalue weighted by Gasteiger charge is 2.37. The van der Waals surface area contributed by atoms with Crippen LogP contribution in [0.1, 0.15) is 44.2 Å². The number of hydrogen-bond donors (Lipinski definition) is 3. The van der Waals surface area contributed by atoms with Crippen molar-refractivity contribution < 1.29 is 9.90 Å². The molecule has 4 rings (SSSR count). The first-order valence-electron chi connectivity index (χ1n) is 11.1. The van der Waals surface area contributed by atoms with Gasteiger partial charge in [-0.3, -0.25) is 4.68 Å². The van der Waals surface area contributed by atoms with Gasteiger partial charge in [0.05, 0.1) is 31.1 Å². The van der Waals surface area contributed by atoms with E-state index in [0.717, 1.165) is 50.0 Å². The Kier molecular flexibility index (Phi) is 6.57. The van der Waals surface area contributed by atoms with Crippen LogP contribution in [-0.4, -0.2) is 51.6 Å². The predicted molar refractivity (Wildman–Crippen MR) is 117 cm³/mol. The Labute approximate surface area is 178 Å². The number of fused-ring (bicyclic) bond motifs is 1. The van der Waals surface area contributed by atoms with Gasteiger partial charge in [0, 0.05) is 25.3 Å². The average molecular weight is 412 g/mol. The number of anilines is 1. The van der Waals surface area contributed by atoms with E-state index >= 15 is 0 Å². The van der Waals surface area contributed by atoms with E-state index in [1.54, 1.807) is 4.68 Å². The lowest BCUT2D eigenvalue weighted by Crippen LogP contribution is -2.40. The number of urea groups is 1. The van der Waals surface area contributed by atoms with Crippen LogP contribution >= 0.6 is 0 Å². The number of aliphatic hydroxyl groups excluding tert-OH is 1. The zero-order valence-electron chi connectivity index (χ0n) is 17.7. The number of aliphatic hydroxyl groups is 1. The summed E-state index contributed by atoms with van der Waals surface area (Å²) in [5.74, 6) is 1.18. The van der Waals surface area contributed by atoms with Crippen molar-refractivity contribution in [1.82, 2.24) is 20.0 Å². The molecule has 1 saturated carbocycles. The van der Waals surface area contributed by atoms with Gasteiger partial charge in [-0.2, -0.15) is 5.10 Å². The van der Waals surface area contributed by atoms with Crippen LogP contribution in [0.3, 0.4) is 0 Å². The maximum Gasteiger partial charge on any atom is 0.317 e. The second-order valence-electron chi connectivity index (χ2n) is 8.72. The summed E-state index contributed by atoms with van der Waals surface area (Å²) in [4.78, 5) is 14.8. The van der Waals surface area contributed by atoms with Crippen molar-refractivity contribution in [3.8, 4) is 0 Å². The molecular weight excluding hydrogens is 378 g/mol. The molecule has 2 heterocycles. The number of hydrogen-bond acceptors (Lipinski definition) is 4. The van der Waals surface area contributed by atoms with Gasteiger partial charge in [0.25, 0.3) is 0 Å². The molecule has 2 amide bonds. The van der Waals surface area contributed by atoms with Gasteiger partial charge in [-0.25, -0.2) is 4.79 Å². The predicted octanol–water partition coefficient (Wildman–Crippen LogP) is 3.25. The van der Waals surface area contributed by atoms with Crippen molar-refractivity contribution >= 4 is 11.7 Å². The van der Waals surface area contributed by atoms with Gasteiger partial charge < -0.3 is 20.6 Å². The highest BCUT2D eigenvalue weighted by Crippen LogP contribution is 2.36. The minimum atomic E-state index is 0.0180. The van der Waals surface area contributed by atoms with Crippen LogP contribution in [0, 0.1) is 11.8 Å². The lowest BCUT2D eigenvalue weighted by molar-refractivity contribution is 0.202. The quantitative estimate of drug-likeness (QED) is 0.681. The lowest BCUT2D eigenvalue weighted by Gasteiger charge is -2.22. The third-order valence-corrected chi connectivity index (χ3v) is 6.61. The van der Waals surface area contributed by atoms with Gasteiger partial charge in [0.15, 0.2) is 0 Å². The second-order valence-corrected chi connectivity index (χ2v) is 8.72. The van der Waals surface area contributed by atoms with Crippen molar-refractivity contribution in [2.75, 3.05) is 25.0 Å². The summed E-state index contributed by atoms with van der Waals surface area (Å²) in [6.45, 7) is 4.39. The largest absolute Gasteiger partial charge is 0.394 e.